The summed E-state index contributed by atoms with van der Waals surface area (Å²) >= 11 is 6.08. The van der Waals surface area contributed by atoms with Crippen LogP contribution in [0.1, 0.15) is 22.8 Å². The van der Waals surface area contributed by atoms with Crippen molar-refractivity contribution in [1.82, 2.24) is 0 Å². The Bertz CT molecular complexity index is 651. The van der Waals surface area contributed by atoms with Crippen molar-refractivity contribution in [3.05, 3.63) is 64.7 Å². The van der Waals surface area contributed by atoms with Gasteiger partial charge in [0, 0.05) is 10.6 Å². The lowest BCUT2D eigenvalue weighted by Crippen LogP contribution is -2.01. The lowest BCUT2D eigenvalue weighted by Gasteiger charge is -2.05. The minimum Gasteiger partial charge on any atom is -0.478 e. The zero-order valence-electron chi connectivity index (χ0n) is 10.8. The van der Waals surface area contributed by atoms with Crippen LogP contribution in [0, 0.1) is 0 Å². The van der Waals surface area contributed by atoms with Gasteiger partial charge in [-0.05, 0) is 37.3 Å². The van der Waals surface area contributed by atoms with Gasteiger partial charge in [-0.1, -0.05) is 29.8 Å². The van der Waals surface area contributed by atoms with Crippen molar-refractivity contribution in [2.45, 2.75) is 6.92 Å². The van der Waals surface area contributed by atoms with Crippen molar-refractivity contribution in [1.29, 1.82) is 0 Å². The molecule has 0 aliphatic rings. The van der Waals surface area contributed by atoms with E-state index in [1.807, 2.05) is 25.1 Å². The van der Waals surface area contributed by atoms with E-state index in [1.165, 1.54) is 12.1 Å². The molecule has 0 aliphatic heterocycles. The van der Waals surface area contributed by atoms with E-state index in [2.05, 4.69) is 10.5 Å². The van der Waals surface area contributed by atoms with Gasteiger partial charge in [-0.15, -0.1) is 0 Å². The summed E-state index contributed by atoms with van der Waals surface area (Å²) in [4.78, 5) is 10.7. The molecule has 0 saturated carbocycles. The first kappa shape index (κ1) is 14.1. The quantitative estimate of drug-likeness (QED) is 0.663. The Morgan fingerprint density at radius 3 is 2.40 bits per heavy atom. The molecule has 0 saturated heterocycles. The standard InChI is InChI=1S/C15H13ClN2O2/c1-10(13-4-2-3-5-14(13)16)17-18-12-8-6-11(7-9-12)15(19)20/h2-9,18H,1H3,(H,19,20)/b17-10+. The third-order valence-corrected chi connectivity index (χ3v) is 3.08. The number of hydrogen-bond donors (Lipinski definition) is 2. The van der Waals surface area contributed by atoms with E-state index in [4.69, 9.17) is 16.7 Å². The molecule has 0 unspecified atom stereocenters. The zero-order chi connectivity index (χ0) is 14.5. The van der Waals surface area contributed by atoms with Gasteiger partial charge >= 0.3 is 5.97 Å². The van der Waals surface area contributed by atoms with Crippen molar-refractivity contribution >= 4 is 29.0 Å². The highest BCUT2D eigenvalue weighted by Crippen LogP contribution is 2.16. The summed E-state index contributed by atoms with van der Waals surface area (Å²) in [5.41, 5.74) is 5.42. The molecule has 0 radical (unpaired) electrons. The number of nitrogens with one attached hydrogen (secondary N) is 1. The molecule has 0 aliphatic carbocycles. The minimum absolute atomic E-state index is 0.238. The number of halogens is 1. The fraction of sp³-hybridized carbons (Fsp3) is 0.0667. The van der Waals surface area contributed by atoms with Crippen LogP contribution in [0.25, 0.3) is 0 Å². The van der Waals surface area contributed by atoms with Gasteiger partial charge in [-0.25, -0.2) is 4.79 Å². The number of hydrogen-bond acceptors (Lipinski definition) is 3. The average molecular weight is 289 g/mol. The molecule has 2 N–H and O–H groups in total. The van der Waals surface area contributed by atoms with Crippen LogP contribution in [0.3, 0.4) is 0 Å². The minimum atomic E-state index is -0.952. The number of benzene rings is 2. The highest BCUT2D eigenvalue weighted by Gasteiger charge is 2.03. The zero-order valence-corrected chi connectivity index (χ0v) is 11.6. The molecule has 2 aromatic carbocycles. The van der Waals surface area contributed by atoms with Crippen LogP contribution in [0.2, 0.25) is 5.02 Å². The Hall–Kier alpha value is -2.33. The number of carbonyl (C=O) groups is 1. The summed E-state index contributed by atoms with van der Waals surface area (Å²) in [6, 6.07) is 13.8. The molecule has 0 spiro atoms. The summed E-state index contributed by atoms with van der Waals surface area (Å²) in [7, 11) is 0. The van der Waals surface area contributed by atoms with Gasteiger partial charge < -0.3 is 5.11 Å². The summed E-state index contributed by atoms with van der Waals surface area (Å²) in [5.74, 6) is -0.952. The molecule has 5 heteroatoms. The molecule has 4 nitrogen and oxygen atoms in total. The van der Waals surface area contributed by atoms with Crippen LogP contribution >= 0.6 is 11.6 Å². The maximum atomic E-state index is 10.7. The van der Waals surface area contributed by atoms with Crippen molar-refractivity contribution in [2.75, 3.05) is 5.43 Å². The van der Waals surface area contributed by atoms with E-state index in [-0.39, 0.29) is 5.56 Å². The fourth-order valence-electron chi connectivity index (χ4n) is 1.65. The number of hydrazone groups is 1. The molecule has 102 valence electrons. The number of rotatable bonds is 4. The van der Waals surface area contributed by atoms with E-state index in [0.717, 1.165) is 11.3 Å². The Balaban J connectivity index is 2.13. The largest absolute Gasteiger partial charge is 0.478 e. The molecular formula is C15H13ClN2O2. The number of anilines is 1. The van der Waals surface area contributed by atoms with Crippen molar-refractivity contribution < 1.29 is 9.90 Å². The van der Waals surface area contributed by atoms with Crippen LogP contribution in [0.5, 0.6) is 0 Å². The van der Waals surface area contributed by atoms with Crippen LogP contribution in [-0.2, 0) is 0 Å². The summed E-state index contributed by atoms with van der Waals surface area (Å²) in [6.45, 7) is 1.85. The smallest absolute Gasteiger partial charge is 0.335 e. The second kappa shape index (κ2) is 6.21. The van der Waals surface area contributed by atoms with Crippen LogP contribution in [-0.4, -0.2) is 16.8 Å². The summed E-state index contributed by atoms with van der Waals surface area (Å²) in [5, 5.41) is 13.7. The predicted octanol–water partition coefficient (Wildman–Crippen LogP) is 3.87. The summed E-state index contributed by atoms with van der Waals surface area (Å²) < 4.78 is 0. The SMILES string of the molecule is C/C(=N\Nc1ccc(C(=O)O)cc1)c1ccccc1Cl. The third kappa shape index (κ3) is 3.36. The normalized spacial score (nSPS) is 11.2. The fourth-order valence-corrected chi connectivity index (χ4v) is 1.92. The van der Waals surface area contributed by atoms with Crippen molar-refractivity contribution in [3.8, 4) is 0 Å². The number of aromatic carboxylic acids is 1. The number of carboxylic acid groups (broad SMARTS) is 1. The Morgan fingerprint density at radius 2 is 1.80 bits per heavy atom. The van der Waals surface area contributed by atoms with E-state index in [9.17, 15) is 4.79 Å². The van der Waals surface area contributed by atoms with Gasteiger partial charge in [0.05, 0.1) is 17.0 Å². The third-order valence-electron chi connectivity index (χ3n) is 2.75. The number of carboxylic acids is 1. The molecule has 2 rings (SSSR count). The van der Waals surface area contributed by atoms with Gasteiger partial charge in [0.1, 0.15) is 0 Å². The Kier molecular flexibility index (Phi) is 4.38. The maximum absolute atomic E-state index is 10.7. The van der Waals surface area contributed by atoms with Gasteiger partial charge in [-0.2, -0.15) is 5.10 Å². The average Bonchev–Trinajstić information content (AvgIpc) is 2.45. The molecule has 0 aromatic heterocycles. The van der Waals surface area contributed by atoms with Crippen LogP contribution < -0.4 is 5.43 Å². The maximum Gasteiger partial charge on any atom is 0.335 e. The molecule has 0 amide bonds. The molecule has 0 bridgehead atoms. The first-order valence-electron chi connectivity index (χ1n) is 5.96. The lowest BCUT2D eigenvalue weighted by molar-refractivity contribution is 0.0697. The van der Waals surface area contributed by atoms with E-state index >= 15 is 0 Å². The molecule has 20 heavy (non-hydrogen) atoms. The van der Waals surface area contributed by atoms with E-state index in [0.29, 0.717) is 10.7 Å². The molecule has 0 heterocycles. The van der Waals surface area contributed by atoms with E-state index < -0.39 is 5.97 Å². The van der Waals surface area contributed by atoms with Gasteiger partial charge in [0.15, 0.2) is 0 Å². The predicted molar refractivity (Wildman–Crippen MR) is 80.7 cm³/mol. The van der Waals surface area contributed by atoms with Gasteiger partial charge in [0.25, 0.3) is 0 Å². The Labute approximate surface area is 121 Å². The van der Waals surface area contributed by atoms with Crippen LogP contribution in [0.4, 0.5) is 5.69 Å². The first-order valence-corrected chi connectivity index (χ1v) is 6.34. The monoisotopic (exact) mass is 288 g/mol. The topological polar surface area (TPSA) is 61.7 Å². The molecule has 0 atom stereocenters. The molecular weight excluding hydrogens is 276 g/mol. The second-order valence-electron chi connectivity index (χ2n) is 4.17. The Morgan fingerprint density at radius 1 is 1.15 bits per heavy atom. The highest BCUT2D eigenvalue weighted by molar-refractivity contribution is 6.34. The van der Waals surface area contributed by atoms with Crippen LogP contribution in [0.15, 0.2) is 53.6 Å². The van der Waals surface area contributed by atoms with Crippen molar-refractivity contribution in [2.24, 2.45) is 5.10 Å². The summed E-state index contributed by atoms with van der Waals surface area (Å²) in [6.07, 6.45) is 0. The van der Waals surface area contributed by atoms with Gasteiger partial charge in [0.2, 0.25) is 0 Å². The molecule has 0 fully saturated rings. The first-order chi connectivity index (χ1) is 9.58. The van der Waals surface area contributed by atoms with Crippen molar-refractivity contribution in [3.63, 3.8) is 0 Å². The number of nitrogens with zero attached hydrogens (tertiary/aromatic N) is 1. The molecule has 2 aromatic rings. The van der Waals surface area contributed by atoms with Gasteiger partial charge in [-0.3, -0.25) is 5.43 Å². The second-order valence-corrected chi connectivity index (χ2v) is 4.58. The lowest BCUT2D eigenvalue weighted by atomic mass is 10.1. The van der Waals surface area contributed by atoms with E-state index in [1.54, 1.807) is 18.2 Å². The highest BCUT2D eigenvalue weighted by atomic mass is 35.5.